The molecule has 1 aromatic carbocycles. The van der Waals surface area contributed by atoms with Gasteiger partial charge in [0.2, 0.25) is 0 Å². The van der Waals surface area contributed by atoms with Gasteiger partial charge in [-0.2, -0.15) is 0 Å². The molecule has 152 valence electrons. The molecule has 28 heavy (non-hydrogen) atoms. The van der Waals surface area contributed by atoms with Gasteiger partial charge in [-0.05, 0) is 31.5 Å². The lowest BCUT2D eigenvalue weighted by Gasteiger charge is -2.29. The highest BCUT2D eigenvalue weighted by Gasteiger charge is 2.23. The third kappa shape index (κ3) is 5.79. The fourth-order valence-electron chi connectivity index (χ4n) is 3.61. The molecule has 0 radical (unpaired) electrons. The molecule has 2 N–H and O–H groups in total. The van der Waals surface area contributed by atoms with Crippen LogP contribution in [0.2, 0.25) is 0 Å². The molecule has 0 bridgehead atoms. The number of hydrogen-bond acceptors (Lipinski definition) is 4. The minimum absolute atomic E-state index is 0.384. The number of benzene rings is 1. The van der Waals surface area contributed by atoms with Crippen molar-refractivity contribution in [3.63, 3.8) is 0 Å². The summed E-state index contributed by atoms with van der Waals surface area (Å²) in [4.78, 5) is 11.7. The van der Waals surface area contributed by atoms with Crippen LogP contribution in [0.1, 0.15) is 54.9 Å². The summed E-state index contributed by atoms with van der Waals surface area (Å²) >= 11 is 1.76. The maximum atomic E-state index is 4.71. The zero-order valence-electron chi connectivity index (χ0n) is 17.3. The summed E-state index contributed by atoms with van der Waals surface area (Å²) in [5, 5.41) is 10.4. The van der Waals surface area contributed by atoms with E-state index in [0.29, 0.717) is 12.0 Å². The number of thiazole rings is 1. The van der Waals surface area contributed by atoms with Crippen molar-refractivity contribution in [2.75, 3.05) is 33.2 Å². The highest BCUT2D eigenvalue weighted by atomic mass is 32.1. The maximum Gasteiger partial charge on any atom is 0.191 e. The van der Waals surface area contributed by atoms with Gasteiger partial charge >= 0.3 is 0 Å². The van der Waals surface area contributed by atoms with Crippen LogP contribution in [0.4, 0.5) is 0 Å². The van der Waals surface area contributed by atoms with Gasteiger partial charge in [-0.1, -0.05) is 44.2 Å². The number of aliphatic imine (C=N–C) groups is 1. The van der Waals surface area contributed by atoms with Gasteiger partial charge in [0.05, 0.1) is 16.7 Å². The van der Waals surface area contributed by atoms with E-state index in [0.717, 1.165) is 31.2 Å². The molecule has 6 heteroatoms. The van der Waals surface area contributed by atoms with Gasteiger partial charge < -0.3 is 10.6 Å². The molecule has 1 atom stereocenters. The monoisotopic (exact) mass is 399 g/mol. The number of nitrogens with one attached hydrogen (secondary N) is 2. The molecule has 1 aliphatic rings. The predicted molar refractivity (Wildman–Crippen MR) is 119 cm³/mol. The van der Waals surface area contributed by atoms with Gasteiger partial charge in [-0.25, -0.2) is 4.98 Å². The summed E-state index contributed by atoms with van der Waals surface area (Å²) in [5.74, 6) is 1.36. The van der Waals surface area contributed by atoms with Crippen molar-refractivity contribution in [2.24, 2.45) is 4.99 Å². The van der Waals surface area contributed by atoms with E-state index in [4.69, 9.17) is 4.98 Å². The summed E-state index contributed by atoms with van der Waals surface area (Å²) in [7, 11) is 1.84. The van der Waals surface area contributed by atoms with Crippen LogP contribution in [0.25, 0.3) is 0 Å². The van der Waals surface area contributed by atoms with Crippen molar-refractivity contribution in [3.05, 3.63) is 52.0 Å². The molecule has 5 nitrogen and oxygen atoms in total. The van der Waals surface area contributed by atoms with Gasteiger partial charge in [0.25, 0.3) is 0 Å². The van der Waals surface area contributed by atoms with E-state index in [-0.39, 0.29) is 0 Å². The van der Waals surface area contributed by atoms with Crippen LogP contribution < -0.4 is 10.6 Å². The Morgan fingerprint density at radius 2 is 1.93 bits per heavy atom. The third-order valence-corrected chi connectivity index (χ3v) is 6.38. The first kappa shape index (κ1) is 20.8. The highest BCUT2D eigenvalue weighted by molar-refractivity contribution is 7.09. The molecule has 0 aliphatic carbocycles. The lowest BCUT2D eigenvalue weighted by atomic mass is 10.1. The normalized spacial score (nSPS) is 16.5. The minimum atomic E-state index is 0.384. The van der Waals surface area contributed by atoms with Gasteiger partial charge in [0, 0.05) is 37.9 Å². The summed E-state index contributed by atoms with van der Waals surface area (Å²) in [6.07, 6.45) is 3.50. The quantitative estimate of drug-likeness (QED) is 0.523. The molecule has 0 saturated carbocycles. The summed E-state index contributed by atoms with van der Waals surface area (Å²) in [6.45, 7) is 8.43. The van der Waals surface area contributed by atoms with E-state index < -0.39 is 0 Å². The highest BCUT2D eigenvalue weighted by Crippen LogP contribution is 2.24. The number of hydrogen-bond donors (Lipinski definition) is 2. The van der Waals surface area contributed by atoms with Crippen LogP contribution in [0.15, 0.2) is 40.7 Å². The molecule has 1 unspecified atom stereocenters. The maximum absolute atomic E-state index is 4.71. The fourth-order valence-corrected chi connectivity index (χ4v) is 4.48. The fraction of sp³-hybridized carbons (Fsp3) is 0.545. The van der Waals surface area contributed by atoms with E-state index in [1.807, 2.05) is 7.05 Å². The second-order valence-electron chi connectivity index (χ2n) is 7.63. The standard InChI is InChI=1S/C22H33N5S/c1-17(2)21-26-19(16-28-21)11-12-24-22(23-3)25-15-20(27-13-7-8-14-27)18-9-5-4-6-10-18/h4-6,9-10,16-17,20H,7-8,11-15H2,1-3H3,(H2,23,24,25). The number of nitrogens with zero attached hydrogens (tertiary/aromatic N) is 3. The van der Waals surface area contributed by atoms with Crippen LogP contribution >= 0.6 is 11.3 Å². The largest absolute Gasteiger partial charge is 0.356 e. The smallest absolute Gasteiger partial charge is 0.191 e. The van der Waals surface area contributed by atoms with E-state index >= 15 is 0 Å². The molecule has 3 rings (SSSR count). The Hall–Kier alpha value is -1.92. The first-order chi connectivity index (χ1) is 13.7. The molecular formula is C22H33N5S. The minimum Gasteiger partial charge on any atom is -0.356 e. The van der Waals surface area contributed by atoms with E-state index in [2.05, 4.69) is 70.1 Å². The molecule has 2 heterocycles. The van der Waals surface area contributed by atoms with Crippen LogP contribution in [-0.2, 0) is 6.42 Å². The summed E-state index contributed by atoms with van der Waals surface area (Å²) < 4.78 is 0. The van der Waals surface area contributed by atoms with Gasteiger partial charge in [0.15, 0.2) is 5.96 Å². The molecule has 1 fully saturated rings. The second kappa shape index (κ2) is 10.6. The average Bonchev–Trinajstić information content (AvgIpc) is 3.40. The van der Waals surface area contributed by atoms with Gasteiger partial charge in [-0.3, -0.25) is 9.89 Å². The van der Waals surface area contributed by atoms with Crippen molar-refractivity contribution < 1.29 is 0 Å². The van der Waals surface area contributed by atoms with Crippen molar-refractivity contribution in [1.82, 2.24) is 20.5 Å². The third-order valence-electron chi connectivity index (χ3n) is 5.19. The number of guanidine groups is 1. The van der Waals surface area contributed by atoms with Crippen LogP contribution in [0.5, 0.6) is 0 Å². The Morgan fingerprint density at radius 1 is 1.18 bits per heavy atom. The molecule has 1 aliphatic heterocycles. The SMILES string of the molecule is CN=C(NCCc1csc(C(C)C)n1)NCC(c1ccccc1)N1CCCC1. The topological polar surface area (TPSA) is 52.6 Å². The summed E-state index contributed by atoms with van der Waals surface area (Å²) in [6, 6.07) is 11.2. The zero-order chi connectivity index (χ0) is 19.8. The first-order valence-electron chi connectivity index (χ1n) is 10.3. The molecule has 1 saturated heterocycles. The number of rotatable bonds is 8. The van der Waals surface area contributed by atoms with Crippen LogP contribution in [0, 0.1) is 0 Å². The molecular weight excluding hydrogens is 366 g/mol. The zero-order valence-corrected chi connectivity index (χ0v) is 18.1. The van der Waals surface area contributed by atoms with Crippen molar-refractivity contribution in [1.29, 1.82) is 0 Å². The average molecular weight is 400 g/mol. The van der Waals surface area contributed by atoms with Crippen LogP contribution in [-0.4, -0.2) is 49.1 Å². The Morgan fingerprint density at radius 3 is 2.57 bits per heavy atom. The summed E-state index contributed by atoms with van der Waals surface area (Å²) in [5.41, 5.74) is 2.53. The van der Waals surface area contributed by atoms with Crippen LogP contribution in [0.3, 0.4) is 0 Å². The Balaban J connectivity index is 1.51. The number of likely N-dealkylation sites (tertiary alicyclic amines) is 1. The molecule has 0 amide bonds. The van der Waals surface area contributed by atoms with E-state index in [1.54, 1.807) is 11.3 Å². The van der Waals surface area contributed by atoms with Crippen molar-refractivity contribution >= 4 is 17.3 Å². The van der Waals surface area contributed by atoms with E-state index in [1.165, 1.54) is 36.5 Å². The lowest BCUT2D eigenvalue weighted by Crippen LogP contribution is -2.43. The van der Waals surface area contributed by atoms with Gasteiger partial charge in [-0.15, -0.1) is 11.3 Å². The van der Waals surface area contributed by atoms with Crippen molar-refractivity contribution in [3.8, 4) is 0 Å². The molecule has 1 aromatic heterocycles. The Kier molecular flexibility index (Phi) is 7.86. The number of aromatic nitrogens is 1. The Labute approximate surface area is 173 Å². The van der Waals surface area contributed by atoms with Crippen molar-refractivity contribution in [2.45, 2.75) is 45.1 Å². The first-order valence-corrected chi connectivity index (χ1v) is 11.2. The molecule has 2 aromatic rings. The molecule has 0 spiro atoms. The Bertz CT molecular complexity index is 734. The van der Waals surface area contributed by atoms with E-state index in [9.17, 15) is 0 Å². The van der Waals surface area contributed by atoms with Gasteiger partial charge in [0.1, 0.15) is 0 Å². The predicted octanol–water partition coefficient (Wildman–Crippen LogP) is 3.81. The second-order valence-corrected chi connectivity index (χ2v) is 8.52. The lowest BCUT2D eigenvalue weighted by molar-refractivity contribution is 0.245.